The fourth-order valence-electron chi connectivity index (χ4n) is 3.22. The lowest BCUT2D eigenvalue weighted by atomic mass is 9.79. The molecule has 3 unspecified atom stereocenters. The first kappa shape index (κ1) is 13.6. The van der Waals surface area contributed by atoms with Crippen molar-refractivity contribution in [1.29, 1.82) is 0 Å². The van der Waals surface area contributed by atoms with E-state index in [-0.39, 0.29) is 0 Å². The van der Waals surface area contributed by atoms with Gasteiger partial charge in [0, 0.05) is 9.61 Å². The standard InChI is InChI=1S/C15H19IN2S/c1-9-3-5-12(7-10(9)2)18-14-6-4-11(16)8-13(14)17-15(18)19/h4,6,8-10,12H,3,5,7H2,1-2H3,(H,17,19). The molecular formula is C15H19IN2S. The van der Waals surface area contributed by atoms with E-state index in [0.717, 1.165) is 16.6 Å². The lowest BCUT2D eigenvalue weighted by Gasteiger charge is -2.33. The van der Waals surface area contributed by atoms with Gasteiger partial charge in [-0.3, -0.25) is 0 Å². The highest BCUT2D eigenvalue weighted by Crippen LogP contribution is 2.37. The number of fused-ring (bicyclic) bond motifs is 1. The first-order valence-electron chi connectivity index (χ1n) is 6.96. The van der Waals surface area contributed by atoms with Crippen LogP contribution in [0.1, 0.15) is 39.2 Å². The van der Waals surface area contributed by atoms with Gasteiger partial charge in [0.15, 0.2) is 4.77 Å². The van der Waals surface area contributed by atoms with Gasteiger partial charge >= 0.3 is 0 Å². The molecule has 1 aromatic heterocycles. The van der Waals surface area contributed by atoms with Crippen molar-refractivity contribution in [3.63, 3.8) is 0 Å². The number of hydrogen-bond acceptors (Lipinski definition) is 1. The highest BCUT2D eigenvalue weighted by Gasteiger charge is 2.26. The third-order valence-corrected chi connectivity index (χ3v) is 5.58. The molecule has 3 rings (SSSR count). The minimum Gasteiger partial charge on any atom is -0.331 e. The maximum Gasteiger partial charge on any atom is 0.178 e. The average molecular weight is 386 g/mol. The zero-order chi connectivity index (χ0) is 13.6. The summed E-state index contributed by atoms with van der Waals surface area (Å²) in [6.07, 6.45) is 3.80. The number of nitrogens with one attached hydrogen (secondary N) is 1. The van der Waals surface area contributed by atoms with Crippen LogP contribution < -0.4 is 0 Å². The Kier molecular flexibility index (Phi) is 3.73. The van der Waals surface area contributed by atoms with E-state index >= 15 is 0 Å². The molecule has 0 radical (unpaired) electrons. The van der Waals surface area contributed by atoms with Gasteiger partial charge < -0.3 is 9.55 Å². The van der Waals surface area contributed by atoms with Gasteiger partial charge in [-0.05, 0) is 84.1 Å². The molecule has 0 amide bonds. The third kappa shape index (κ3) is 2.49. The van der Waals surface area contributed by atoms with Crippen LogP contribution in [0.25, 0.3) is 11.0 Å². The summed E-state index contributed by atoms with van der Waals surface area (Å²) in [5.41, 5.74) is 2.43. The predicted molar refractivity (Wildman–Crippen MR) is 91.1 cm³/mol. The summed E-state index contributed by atoms with van der Waals surface area (Å²) in [4.78, 5) is 3.36. The van der Waals surface area contributed by atoms with Gasteiger partial charge in [-0.1, -0.05) is 13.8 Å². The molecule has 1 N–H and O–H groups in total. The van der Waals surface area contributed by atoms with Crippen molar-refractivity contribution in [2.75, 3.05) is 0 Å². The van der Waals surface area contributed by atoms with E-state index in [1.165, 1.54) is 33.9 Å². The summed E-state index contributed by atoms with van der Waals surface area (Å²) >= 11 is 7.90. The van der Waals surface area contributed by atoms with Crippen LogP contribution in [0.4, 0.5) is 0 Å². The average Bonchev–Trinajstić information content (AvgIpc) is 2.68. The van der Waals surface area contributed by atoms with Crippen LogP contribution in [0.3, 0.4) is 0 Å². The lowest BCUT2D eigenvalue weighted by molar-refractivity contribution is 0.212. The van der Waals surface area contributed by atoms with Gasteiger partial charge in [0.1, 0.15) is 0 Å². The van der Waals surface area contributed by atoms with E-state index in [0.29, 0.717) is 6.04 Å². The number of aromatic nitrogens is 2. The smallest absolute Gasteiger partial charge is 0.178 e. The van der Waals surface area contributed by atoms with Gasteiger partial charge in [0.2, 0.25) is 0 Å². The van der Waals surface area contributed by atoms with Crippen LogP contribution in [0.5, 0.6) is 0 Å². The molecule has 0 aliphatic heterocycles. The molecule has 1 fully saturated rings. The number of hydrogen-bond donors (Lipinski definition) is 1. The monoisotopic (exact) mass is 386 g/mol. The molecule has 1 saturated carbocycles. The summed E-state index contributed by atoms with van der Waals surface area (Å²) in [6.45, 7) is 4.75. The Morgan fingerprint density at radius 2 is 2.05 bits per heavy atom. The molecule has 19 heavy (non-hydrogen) atoms. The molecule has 2 nitrogen and oxygen atoms in total. The maximum absolute atomic E-state index is 5.55. The van der Waals surface area contributed by atoms with Crippen molar-refractivity contribution in [3.8, 4) is 0 Å². The van der Waals surface area contributed by atoms with E-state index < -0.39 is 0 Å². The summed E-state index contributed by atoms with van der Waals surface area (Å²) in [7, 11) is 0. The van der Waals surface area contributed by atoms with Gasteiger partial charge in [-0.2, -0.15) is 0 Å². The SMILES string of the molecule is CC1CCC(n2c(=S)[nH]c3cc(I)ccc32)CC1C. The number of aromatic amines is 1. The molecular weight excluding hydrogens is 367 g/mol. The number of benzene rings is 1. The van der Waals surface area contributed by atoms with Crippen molar-refractivity contribution >= 4 is 45.8 Å². The van der Waals surface area contributed by atoms with Crippen LogP contribution in [0, 0.1) is 20.2 Å². The molecule has 0 saturated heterocycles. The van der Waals surface area contributed by atoms with Crippen LogP contribution in [0.2, 0.25) is 0 Å². The van der Waals surface area contributed by atoms with E-state index in [9.17, 15) is 0 Å². The van der Waals surface area contributed by atoms with Crippen LogP contribution >= 0.6 is 34.8 Å². The zero-order valence-corrected chi connectivity index (χ0v) is 14.3. The van der Waals surface area contributed by atoms with Crippen molar-refractivity contribution in [3.05, 3.63) is 26.5 Å². The normalized spacial score (nSPS) is 27.8. The minimum absolute atomic E-state index is 0.563. The van der Waals surface area contributed by atoms with Gasteiger partial charge in [0.25, 0.3) is 0 Å². The Morgan fingerprint density at radius 3 is 2.79 bits per heavy atom. The molecule has 1 aliphatic rings. The Labute approximate surface area is 132 Å². The summed E-state index contributed by atoms with van der Waals surface area (Å²) in [5, 5.41) is 0. The van der Waals surface area contributed by atoms with Crippen molar-refractivity contribution in [2.45, 2.75) is 39.2 Å². The second-order valence-corrected chi connectivity index (χ2v) is 7.52. The Balaban J connectivity index is 2.05. The Hall–Kier alpha value is -0.360. The van der Waals surface area contributed by atoms with Crippen LogP contribution in [-0.4, -0.2) is 9.55 Å². The molecule has 102 valence electrons. The maximum atomic E-state index is 5.55. The lowest BCUT2D eigenvalue weighted by Crippen LogP contribution is -2.23. The molecule has 0 spiro atoms. The van der Waals surface area contributed by atoms with Crippen molar-refractivity contribution in [1.82, 2.24) is 9.55 Å². The molecule has 1 aliphatic carbocycles. The second-order valence-electron chi connectivity index (χ2n) is 5.88. The molecule has 0 bridgehead atoms. The molecule has 2 aromatic rings. The highest BCUT2D eigenvalue weighted by atomic mass is 127. The highest BCUT2D eigenvalue weighted by molar-refractivity contribution is 14.1. The minimum atomic E-state index is 0.563. The number of nitrogens with zero attached hydrogens (tertiary/aromatic N) is 1. The quantitative estimate of drug-likeness (QED) is 0.521. The van der Waals surface area contributed by atoms with Crippen molar-refractivity contribution < 1.29 is 0 Å². The number of halogens is 1. The van der Waals surface area contributed by atoms with E-state index in [1.807, 2.05) is 0 Å². The van der Waals surface area contributed by atoms with Crippen LogP contribution in [-0.2, 0) is 0 Å². The molecule has 1 aromatic carbocycles. The predicted octanol–water partition coefficient (Wildman–Crippen LogP) is 5.30. The van der Waals surface area contributed by atoms with E-state index in [1.54, 1.807) is 0 Å². The van der Waals surface area contributed by atoms with E-state index in [4.69, 9.17) is 12.2 Å². The van der Waals surface area contributed by atoms with Gasteiger partial charge in [0.05, 0.1) is 11.0 Å². The third-order valence-electron chi connectivity index (χ3n) is 4.61. The molecule has 3 atom stereocenters. The number of H-pyrrole nitrogens is 1. The zero-order valence-electron chi connectivity index (χ0n) is 11.3. The van der Waals surface area contributed by atoms with Gasteiger partial charge in [-0.25, -0.2) is 0 Å². The van der Waals surface area contributed by atoms with E-state index in [2.05, 4.69) is 64.2 Å². The fraction of sp³-hybridized carbons (Fsp3) is 0.533. The second kappa shape index (κ2) is 5.20. The van der Waals surface area contributed by atoms with Gasteiger partial charge in [-0.15, -0.1) is 0 Å². The summed E-state index contributed by atoms with van der Waals surface area (Å²) < 4.78 is 4.48. The Morgan fingerprint density at radius 1 is 1.26 bits per heavy atom. The summed E-state index contributed by atoms with van der Waals surface area (Å²) in [5.74, 6) is 1.63. The molecule has 1 heterocycles. The topological polar surface area (TPSA) is 20.7 Å². The van der Waals surface area contributed by atoms with Crippen molar-refractivity contribution in [2.24, 2.45) is 11.8 Å². The number of rotatable bonds is 1. The first-order chi connectivity index (χ1) is 9.06. The molecule has 4 heteroatoms. The number of imidazole rings is 1. The first-order valence-corrected chi connectivity index (χ1v) is 8.44. The largest absolute Gasteiger partial charge is 0.331 e. The summed E-state index contributed by atoms with van der Waals surface area (Å²) in [6, 6.07) is 7.10. The fourth-order valence-corrected chi connectivity index (χ4v) is 4.07. The van der Waals surface area contributed by atoms with Crippen LogP contribution in [0.15, 0.2) is 18.2 Å². The Bertz CT molecular complexity index is 658.